The maximum absolute atomic E-state index is 12.8. The molecule has 1 aliphatic heterocycles. The van der Waals surface area contributed by atoms with E-state index < -0.39 is 14.9 Å². The molecule has 0 saturated heterocycles. The van der Waals surface area contributed by atoms with Gasteiger partial charge < -0.3 is 5.21 Å². The molecule has 0 spiro atoms. The van der Waals surface area contributed by atoms with Crippen molar-refractivity contribution >= 4 is 15.3 Å². The largest absolute Gasteiger partial charge is 0.621 e. The van der Waals surface area contributed by atoms with E-state index in [9.17, 15) is 13.6 Å². The first-order valence-electron chi connectivity index (χ1n) is 5.90. The molecule has 1 atom stereocenters. The Kier molecular flexibility index (Phi) is 3.71. The third-order valence-corrected chi connectivity index (χ3v) is 4.13. The zero-order chi connectivity index (χ0) is 14.0. The molecule has 0 bridgehead atoms. The van der Waals surface area contributed by atoms with Crippen LogP contribution >= 0.6 is 0 Å². The Morgan fingerprint density at radius 3 is 2.53 bits per heavy atom. The summed E-state index contributed by atoms with van der Waals surface area (Å²) >= 11 is 0. The summed E-state index contributed by atoms with van der Waals surface area (Å²) < 4.78 is 21.7. The molecule has 2 rings (SSSR count). The lowest BCUT2D eigenvalue weighted by Crippen LogP contribution is -2.44. The minimum absolute atomic E-state index is 0.0810. The molecule has 0 aliphatic carbocycles. The molecule has 1 aromatic carbocycles. The van der Waals surface area contributed by atoms with Crippen LogP contribution in [0.5, 0.6) is 0 Å². The van der Waals surface area contributed by atoms with Crippen molar-refractivity contribution in [2.45, 2.75) is 20.4 Å². The summed E-state index contributed by atoms with van der Waals surface area (Å²) in [5.41, 5.74) is 2.31. The number of hydrogen-bond donors (Lipinski definition) is 0. The minimum atomic E-state index is -2.52. The average Bonchev–Trinajstić information content (AvgIpc) is 2.31. The van der Waals surface area contributed by atoms with Crippen LogP contribution in [0.25, 0.3) is 0 Å². The van der Waals surface area contributed by atoms with Crippen LogP contribution in [0.2, 0.25) is 0 Å². The van der Waals surface area contributed by atoms with Crippen LogP contribution in [0.3, 0.4) is 0 Å². The molecule has 0 N–H and O–H groups in total. The highest BCUT2D eigenvalue weighted by atomic mass is 32.2. The van der Waals surface area contributed by atoms with E-state index in [1.54, 1.807) is 19.1 Å². The lowest BCUT2D eigenvalue weighted by molar-refractivity contribution is -0.745. The van der Waals surface area contributed by atoms with Crippen molar-refractivity contribution in [3.63, 3.8) is 0 Å². The van der Waals surface area contributed by atoms with Gasteiger partial charge in [0.05, 0.1) is 0 Å². The van der Waals surface area contributed by atoms with Gasteiger partial charge >= 0.3 is 0 Å². The van der Waals surface area contributed by atoms with E-state index in [0.29, 0.717) is 5.57 Å². The average molecular weight is 277 g/mol. The first kappa shape index (κ1) is 13.7. The Labute approximate surface area is 114 Å². The van der Waals surface area contributed by atoms with Crippen LogP contribution in [0.1, 0.15) is 18.1 Å². The summed E-state index contributed by atoms with van der Waals surface area (Å²) in [6.45, 7) is 3.63. The van der Waals surface area contributed by atoms with Gasteiger partial charge in [0.2, 0.25) is 0 Å². The van der Waals surface area contributed by atoms with Crippen molar-refractivity contribution in [3.05, 3.63) is 64.5 Å². The van der Waals surface area contributed by atoms with Gasteiger partial charge in [0.25, 0.3) is 15.3 Å². The van der Waals surface area contributed by atoms with E-state index in [1.807, 2.05) is 31.2 Å². The van der Waals surface area contributed by atoms with E-state index in [2.05, 4.69) is 0 Å². The van der Waals surface area contributed by atoms with Gasteiger partial charge in [-0.15, -0.1) is 0 Å². The predicted octanol–water partition coefficient (Wildman–Crippen LogP) is 2.29. The van der Waals surface area contributed by atoms with Crippen LogP contribution in [-0.2, 0) is 16.8 Å². The molecule has 0 saturated carbocycles. The van der Waals surface area contributed by atoms with Gasteiger partial charge in [-0.1, -0.05) is 24.3 Å². The van der Waals surface area contributed by atoms with Crippen LogP contribution in [-0.4, -0.2) is 18.1 Å². The molecule has 0 fully saturated rings. The van der Waals surface area contributed by atoms with Crippen molar-refractivity contribution in [1.82, 2.24) is 0 Å². The summed E-state index contributed by atoms with van der Waals surface area (Å²) in [4.78, 5) is -0.120. The van der Waals surface area contributed by atoms with Gasteiger partial charge in [0.1, 0.15) is 12.7 Å². The molecule has 1 unspecified atom stereocenters. The number of aryl methyl sites for hydroxylation is 1. The van der Waals surface area contributed by atoms with Gasteiger partial charge in [0.15, 0.2) is 0 Å². The maximum Gasteiger partial charge on any atom is 0.277 e. The zero-order valence-corrected chi connectivity index (χ0v) is 11.6. The first-order valence-corrected chi connectivity index (χ1v) is 6.98. The highest BCUT2D eigenvalue weighted by molar-refractivity contribution is 7.73. The van der Waals surface area contributed by atoms with E-state index in [1.165, 1.54) is 6.20 Å². The second-order valence-electron chi connectivity index (χ2n) is 4.61. The van der Waals surface area contributed by atoms with Crippen LogP contribution in [0.4, 0.5) is 0 Å². The molecule has 1 heterocycles. The van der Waals surface area contributed by atoms with Crippen molar-refractivity contribution in [2.75, 3.05) is 0 Å². The molecule has 0 radical (unpaired) electrons. The Bertz CT molecular complexity index is 693. The Balaban J connectivity index is 2.49. The second-order valence-corrected chi connectivity index (χ2v) is 5.47. The highest BCUT2D eigenvalue weighted by Gasteiger charge is 2.29. The molecule has 1 aromatic rings. The molecule has 5 heteroatoms. The normalized spacial score (nSPS) is 22.3. The molecule has 1 aliphatic rings. The Morgan fingerprint density at radius 1 is 1.21 bits per heavy atom. The number of hydrogen-bond acceptors (Lipinski definition) is 3. The maximum atomic E-state index is 12.8. The standard InChI is InChI=1S/C14H15NO3S/c1-11-6-3-4-8-13(11)10-15(16)9-5-7-12(2)14(15)19(17)18/h3-9H,10H2,1-2H3. The van der Waals surface area contributed by atoms with Crippen LogP contribution < -0.4 is 0 Å². The fourth-order valence-electron chi connectivity index (χ4n) is 2.19. The van der Waals surface area contributed by atoms with E-state index >= 15 is 0 Å². The van der Waals surface area contributed by atoms with Crippen LogP contribution in [0, 0.1) is 12.1 Å². The SMILES string of the molecule is CC1=CC=C[N+]([O-])(Cc2ccccc2C)C1=S(=O)=O. The van der Waals surface area contributed by atoms with Gasteiger partial charge in [-0.3, -0.25) is 4.65 Å². The summed E-state index contributed by atoms with van der Waals surface area (Å²) in [6, 6.07) is 7.49. The molecule has 0 amide bonds. The number of rotatable bonds is 2. The number of benzene rings is 1. The summed E-state index contributed by atoms with van der Waals surface area (Å²) in [7, 11) is -2.52. The van der Waals surface area contributed by atoms with Crippen molar-refractivity contribution in [1.29, 1.82) is 0 Å². The highest BCUT2D eigenvalue weighted by Crippen LogP contribution is 2.23. The summed E-state index contributed by atoms with van der Waals surface area (Å²) in [5.74, 6) is 0. The van der Waals surface area contributed by atoms with Crippen molar-refractivity contribution in [2.24, 2.45) is 0 Å². The molecule has 4 nitrogen and oxygen atoms in total. The lowest BCUT2D eigenvalue weighted by atomic mass is 10.1. The lowest BCUT2D eigenvalue weighted by Gasteiger charge is -2.39. The van der Waals surface area contributed by atoms with Crippen LogP contribution in [0.15, 0.2) is 48.2 Å². The van der Waals surface area contributed by atoms with E-state index in [-0.39, 0.29) is 11.5 Å². The quantitative estimate of drug-likeness (QED) is 0.473. The number of hydroxylamine groups is 3. The first-order chi connectivity index (χ1) is 8.94. The Hall–Kier alpha value is -1.69. The number of allylic oxidation sites excluding steroid dienone is 2. The number of nitrogens with zero attached hydrogens (tertiary/aromatic N) is 1. The topological polar surface area (TPSA) is 57.2 Å². The molecular formula is C14H15NO3S. The second kappa shape index (κ2) is 5.13. The van der Waals surface area contributed by atoms with E-state index in [0.717, 1.165) is 11.1 Å². The van der Waals surface area contributed by atoms with Gasteiger partial charge in [-0.25, -0.2) is 0 Å². The van der Waals surface area contributed by atoms with Gasteiger partial charge in [0, 0.05) is 11.1 Å². The monoisotopic (exact) mass is 277 g/mol. The zero-order valence-electron chi connectivity index (χ0n) is 10.8. The Morgan fingerprint density at radius 2 is 1.89 bits per heavy atom. The molecule has 100 valence electrons. The van der Waals surface area contributed by atoms with Crippen molar-refractivity contribution < 1.29 is 13.1 Å². The third kappa shape index (κ3) is 2.68. The minimum Gasteiger partial charge on any atom is -0.621 e. The van der Waals surface area contributed by atoms with Gasteiger partial charge in [-0.05, 0) is 31.6 Å². The van der Waals surface area contributed by atoms with Crippen molar-refractivity contribution in [3.8, 4) is 0 Å². The molecular weight excluding hydrogens is 262 g/mol. The summed E-state index contributed by atoms with van der Waals surface area (Å²) in [5, 5.41) is 12.8. The third-order valence-electron chi connectivity index (χ3n) is 3.18. The van der Waals surface area contributed by atoms with E-state index in [4.69, 9.17) is 0 Å². The fourth-order valence-corrected chi connectivity index (χ4v) is 2.90. The fraction of sp³-hybridized carbons (Fsp3) is 0.214. The summed E-state index contributed by atoms with van der Waals surface area (Å²) in [6.07, 6.45) is 4.61. The number of quaternary nitrogens is 1. The smallest absolute Gasteiger partial charge is 0.277 e. The molecule has 0 aromatic heterocycles. The predicted molar refractivity (Wildman–Crippen MR) is 75.3 cm³/mol. The van der Waals surface area contributed by atoms with Gasteiger partial charge in [-0.2, -0.15) is 8.42 Å². The molecule has 19 heavy (non-hydrogen) atoms.